The van der Waals surface area contributed by atoms with Crippen molar-refractivity contribution in [3.05, 3.63) is 17.0 Å². The van der Waals surface area contributed by atoms with Crippen molar-refractivity contribution in [3.8, 4) is 6.07 Å². The van der Waals surface area contributed by atoms with Crippen LogP contribution in [0.2, 0.25) is 0 Å². The highest BCUT2D eigenvalue weighted by molar-refractivity contribution is 7.91. The topological polar surface area (TPSA) is 90.3 Å². The van der Waals surface area contributed by atoms with E-state index in [1.165, 1.54) is 16.4 Å². The maximum absolute atomic E-state index is 12.3. The van der Waals surface area contributed by atoms with Crippen molar-refractivity contribution in [2.75, 3.05) is 19.6 Å². The van der Waals surface area contributed by atoms with Crippen LogP contribution in [0.1, 0.15) is 11.3 Å². The molecule has 2 rings (SSSR count). The molecule has 1 N–H and O–H groups in total. The van der Waals surface area contributed by atoms with E-state index in [9.17, 15) is 13.2 Å². The molecule has 2 heterocycles. The third kappa shape index (κ3) is 2.53. The van der Waals surface area contributed by atoms with Gasteiger partial charge in [0.05, 0.1) is 0 Å². The maximum Gasteiger partial charge on any atom is 0.252 e. The molecule has 0 atom stereocenters. The zero-order valence-electron chi connectivity index (χ0n) is 9.42. The second-order valence-electron chi connectivity index (χ2n) is 3.73. The molecule has 1 fully saturated rings. The summed E-state index contributed by atoms with van der Waals surface area (Å²) in [7, 11) is -3.59. The predicted octanol–water partition coefficient (Wildman–Crippen LogP) is 0.130. The van der Waals surface area contributed by atoms with E-state index in [0.29, 0.717) is 11.4 Å². The van der Waals surface area contributed by atoms with Crippen molar-refractivity contribution < 1.29 is 13.2 Å². The van der Waals surface area contributed by atoms with Crippen LogP contribution in [0.15, 0.2) is 16.3 Å². The normalized spacial score (nSPS) is 17.8. The van der Waals surface area contributed by atoms with Gasteiger partial charge in [0.25, 0.3) is 10.0 Å². The molecule has 0 radical (unpaired) electrons. The lowest BCUT2D eigenvalue weighted by atomic mass is 10.4. The number of thiophene rings is 1. The number of nitrogens with zero attached hydrogens (tertiary/aromatic N) is 2. The smallest absolute Gasteiger partial charge is 0.252 e. The van der Waals surface area contributed by atoms with Crippen molar-refractivity contribution in [3.63, 3.8) is 0 Å². The number of rotatable bonds is 2. The van der Waals surface area contributed by atoms with Crippen LogP contribution in [-0.4, -0.2) is 38.3 Å². The second-order valence-corrected chi connectivity index (χ2v) is 6.98. The summed E-state index contributed by atoms with van der Waals surface area (Å²) in [4.78, 5) is 11.5. The van der Waals surface area contributed by atoms with Crippen molar-refractivity contribution in [2.24, 2.45) is 0 Å². The average molecular weight is 285 g/mol. The van der Waals surface area contributed by atoms with Crippen molar-refractivity contribution in [1.29, 1.82) is 5.26 Å². The van der Waals surface area contributed by atoms with Gasteiger partial charge in [-0.15, -0.1) is 11.3 Å². The van der Waals surface area contributed by atoms with Crippen LogP contribution in [0.5, 0.6) is 0 Å². The largest absolute Gasteiger partial charge is 0.355 e. The van der Waals surface area contributed by atoms with Crippen molar-refractivity contribution in [1.82, 2.24) is 9.62 Å². The molecule has 1 aliphatic rings. The van der Waals surface area contributed by atoms with E-state index in [1.54, 1.807) is 0 Å². The third-order valence-electron chi connectivity index (χ3n) is 2.56. The van der Waals surface area contributed by atoms with E-state index in [-0.39, 0.29) is 29.6 Å². The Bertz CT molecular complexity index is 600. The lowest BCUT2D eigenvalue weighted by Gasteiger charge is -2.17. The number of nitrogens with one attached hydrogen (secondary N) is 1. The zero-order valence-corrected chi connectivity index (χ0v) is 11.1. The Kier molecular flexibility index (Phi) is 3.65. The summed E-state index contributed by atoms with van der Waals surface area (Å²) in [6.07, 6.45) is 0.162. The quantitative estimate of drug-likeness (QED) is 0.836. The summed E-state index contributed by atoms with van der Waals surface area (Å²) in [6.45, 7) is 0.746. The van der Waals surface area contributed by atoms with Gasteiger partial charge in [-0.05, 0) is 12.1 Å². The van der Waals surface area contributed by atoms with Gasteiger partial charge < -0.3 is 5.32 Å². The summed E-state index contributed by atoms with van der Waals surface area (Å²) >= 11 is 0.945. The highest BCUT2D eigenvalue weighted by atomic mass is 32.2. The molecule has 1 amide bonds. The Morgan fingerprint density at radius 3 is 2.83 bits per heavy atom. The molecule has 0 bridgehead atoms. The van der Waals surface area contributed by atoms with E-state index < -0.39 is 10.0 Å². The monoisotopic (exact) mass is 285 g/mol. The summed E-state index contributed by atoms with van der Waals surface area (Å²) in [5.41, 5.74) is 0. The number of amides is 1. The molecular formula is C10H11N3O3S2. The number of nitriles is 1. The fourth-order valence-electron chi connectivity index (χ4n) is 1.63. The van der Waals surface area contributed by atoms with Gasteiger partial charge in [-0.1, -0.05) is 0 Å². The predicted molar refractivity (Wildman–Crippen MR) is 65.4 cm³/mol. The highest BCUT2D eigenvalue weighted by Gasteiger charge is 2.28. The number of carbonyl (C=O) groups is 1. The molecule has 1 aromatic heterocycles. The lowest BCUT2D eigenvalue weighted by molar-refractivity contribution is -0.120. The first-order valence-electron chi connectivity index (χ1n) is 5.31. The molecule has 8 heteroatoms. The van der Waals surface area contributed by atoms with Crippen molar-refractivity contribution >= 4 is 27.3 Å². The Morgan fingerprint density at radius 2 is 2.17 bits per heavy atom. The molecule has 0 aliphatic carbocycles. The molecule has 0 spiro atoms. The molecule has 1 saturated heterocycles. The van der Waals surface area contributed by atoms with Gasteiger partial charge in [-0.2, -0.15) is 9.57 Å². The van der Waals surface area contributed by atoms with Crippen LogP contribution in [0.4, 0.5) is 0 Å². The van der Waals surface area contributed by atoms with Crippen LogP contribution in [-0.2, 0) is 14.8 Å². The third-order valence-corrected chi connectivity index (χ3v) is 5.91. The van der Waals surface area contributed by atoms with Crippen LogP contribution < -0.4 is 5.32 Å². The number of sulfonamides is 1. The van der Waals surface area contributed by atoms with E-state index in [4.69, 9.17) is 5.26 Å². The molecule has 96 valence electrons. The van der Waals surface area contributed by atoms with Crippen LogP contribution in [0, 0.1) is 11.3 Å². The summed E-state index contributed by atoms with van der Waals surface area (Å²) in [5.74, 6) is -0.142. The Balaban J connectivity index is 2.25. The van der Waals surface area contributed by atoms with E-state index in [1.807, 2.05) is 6.07 Å². The summed E-state index contributed by atoms with van der Waals surface area (Å²) < 4.78 is 25.9. The van der Waals surface area contributed by atoms with Gasteiger partial charge in [0.1, 0.15) is 15.2 Å². The van der Waals surface area contributed by atoms with Gasteiger partial charge in [0.15, 0.2) is 0 Å². The average Bonchev–Trinajstić information content (AvgIpc) is 2.72. The summed E-state index contributed by atoms with van der Waals surface area (Å²) in [5, 5.41) is 11.3. The van der Waals surface area contributed by atoms with E-state index in [2.05, 4.69) is 5.32 Å². The van der Waals surface area contributed by atoms with Gasteiger partial charge >= 0.3 is 0 Å². The maximum atomic E-state index is 12.3. The highest BCUT2D eigenvalue weighted by Crippen LogP contribution is 2.24. The molecule has 1 aliphatic heterocycles. The molecule has 0 aromatic carbocycles. The first-order chi connectivity index (χ1) is 8.54. The van der Waals surface area contributed by atoms with Gasteiger partial charge in [0.2, 0.25) is 5.91 Å². The van der Waals surface area contributed by atoms with Crippen LogP contribution in [0.25, 0.3) is 0 Å². The lowest BCUT2D eigenvalue weighted by Crippen LogP contribution is -2.33. The van der Waals surface area contributed by atoms with Crippen LogP contribution >= 0.6 is 11.3 Å². The second kappa shape index (κ2) is 5.06. The SMILES string of the molecule is N#Cc1ccc(S(=O)(=O)N2CCNC(=O)CC2)s1. The number of hydrogen-bond donors (Lipinski definition) is 1. The fraction of sp³-hybridized carbons (Fsp3) is 0.400. The standard InChI is InChI=1S/C10H11N3O3S2/c11-7-8-1-2-10(17-8)18(15,16)13-5-3-9(14)12-4-6-13/h1-2H,3-6H2,(H,12,14). The summed E-state index contributed by atoms with van der Waals surface area (Å²) in [6, 6.07) is 4.83. The fourth-order valence-corrected chi connectivity index (χ4v) is 4.33. The van der Waals surface area contributed by atoms with E-state index >= 15 is 0 Å². The Morgan fingerprint density at radius 1 is 1.39 bits per heavy atom. The Hall–Kier alpha value is -1.43. The number of carbonyl (C=O) groups excluding carboxylic acids is 1. The van der Waals surface area contributed by atoms with Gasteiger partial charge in [0, 0.05) is 26.1 Å². The first-order valence-corrected chi connectivity index (χ1v) is 7.56. The molecular weight excluding hydrogens is 274 g/mol. The minimum Gasteiger partial charge on any atom is -0.355 e. The zero-order chi connectivity index (χ0) is 13.2. The number of hydrogen-bond acceptors (Lipinski definition) is 5. The minimum atomic E-state index is -3.59. The molecule has 0 saturated carbocycles. The van der Waals surface area contributed by atoms with Crippen molar-refractivity contribution in [2.45, 2.75) is 10.6 Å². The van der Waals surface area contributed by atoms with Gasteiger partial charge in [-0.25, -0.2) is 8.42 Å². The van der Waals surface area contributed by atoms with E-state index in [0.717, 1.165) is 11.3 Å². The first kappa shape index (κ1) is 13.0. The Labute approximate surface area is 109 Å². The molecule has 18 heavy (non-hydrogen) atoms. The van der Waals surface area contributed by atoms with Gasteiger partial charge in [-0.3, -0.25) is 4.79 Å². The van der Waals surface area contributed by atoms with Crippen LogP contribution in [0.3, 0.4) is 0 Å². The molecule has 0 unspecified atom stereocenters. The molecule has 1 aromatic rings. The minimum absolute atomic E-state index is 0.142. The molecule has 6 nitrogen and oxygen atoms in total.